The van der Waals surface area contributed by atoms with E-state index < -0.39 is 0 Å². The molecule has 1 aromatic heterocycles. The summed E-state index contributed by atoms with van der Waals surface area (Å²) in [5.74, 6) is 0.909. The first-order chi connectivity index (χ1) is 26.3. The highest BCUT2D eigenvalue weighted by Gasteiger charge is 2.23. The summed E-state index contributed by atoms with van der Waals surface area (Å²) in [7, 11) is 0. The van der Waals surface area contributed by atoms with Crippen LogP contribution in [0.15, 0.2) is 206 Å². The normalized spacial score (nSPS) is 11.4. The number of aromatic nitrogens is 2. The molecule has 1 heterocycles. The van der Waals surface area contributed by atoms with Crippen LogP contribution in [0.25, 0.3) is 94.2 Å². The molecule has 0 spiro atoms. The first kappa shape index (κ1) is 30.8. The predicted molar refractivity (Wildman–Crippen MR) is 223 cm³/mol. The molecule has 0 fully saturated rings. The first-order valence-electron chi connectivity index (χ1n) is 18.1. The zero-order valence-corrected chi connectivity index (χ0v) is 29.0. The van der Waals surface area contributed by atoms with Crippen LogP contribution in [-0.2, 0) is 0 Å². The van der Waals surface area contributed by atoms with Crippen LogP contribution in [0.1, 0.15) is 0 Å². The number of hydrogen-bond acceptors (Lipinski definition) is 1. The van der Waals surface area contributed by atoms with Crippen molar-refractivity contribution in [2.24, 2.45) is 0 Å². The summed E-state index contributed by atoms with van der Waals surface area (Å²) < 4.78 is 2.33. The van der Waals surface area contributed by atoms with Gasteiger partial charge in [-0.05, 0) is 72.8 Å². The van der Waals surface area contributed by atoms with Gasteiger partial charge in [-0.2, -0.15) is 0 Å². The van der Waals surface area contributed by atoms with Crippen molar-refractivity contribution in [2.45, 2.75) is 0 Å². The van der Waals surface area contributed by atoms with E-state index in [1.807, 2.05) is 0 Å². The van der Waals surface area contributed by atoms with E-state index in [-0.39, 0.29) is 0 Å². The molecule has 0 aliphatic rings. The number of fused-ring (bicyclic) bond motifs is 3. The molecule has 2 heteroatoms. The van der Waals surface area contributed by atoms with Gasteiger partial charge in [-0.15, -0.1) is 0 Å². The third kappa shape index (κ3) is 5.32. The maximum absolute atomic E-state index is 5.39. The van der Waals surface area contributed by atoms with Gasteiger partial charge in [0.25, 0.3) is 0 Å². The van der Waals surface area contributed by atoms with Crippen LogP contribution in [0.3, 0.4) is 0 Å². The summed E-state index contributed by atoms with van der Waals surface area (Å²) in [4.78, 5) is 5.39. The van der Waals surface area contributed by atoms with E-state index in [2.05, 4.69) is 211 Å². The smallest absolute Gasteiger partial charge is 0.145 e. The Morgan fingerprint density at radius 1 is 0.321 bits per heavy atom. The standard InChI is InChI=1S/C51H34N2/c1-4-17-37(18-5-1)49-50(38-19-6-2-7-20-38)53(51(52-49)39-21-8-3-9-22-39)42-32-30-36(31-33-42)47-43-24-12-14-26-45(43)48(46-27-15-13-25-44(46)47)41-29-28-35-16-10-11-23-40(35)34-41/h1-34H. The summed E-state index contributed by atoms with van der Waals surface area (Å²) in [6.45, 7) is 0. The number of rotatable bonds is 6. The number of benzene rings is 9. The first-order valence-corrected chi connectivity index (χ1v) is 18.1. The van der Waals surface area contributed by atoms with Crippen molar-refractivity contribution < 1.29 is 0 Å². The largest absolute Gasteiger partial charge is 0.292 e. The van der Waals surface area contributed by atoms with Crippen LogP contribution >= 0.6 is 0 Å². The maximum atomic E-state index is 5.39. The van der Waals surface area contributed by atoms with Gasteiger partial charge in [0.15, 0.2) is 0 Å². The average Bonchev–Trinajstić information content (AvgIpc) is 3.64. The Hall–Kier alpha value is -7.03. The van der Waals surface area contributed by atoms with Gasteiger partial charge in [-0.3, -0.25) is 4.57 Å². The molecule has 0 aliphatic carbocycles. The van der Waals surface area contributed by atoms with Crippen LogP contribution in [0.4, 0.5) is 0 Å². The van der Waals surface area contributed by atoms with Gasteiger partial charge in [-0.1, -0.05) is 188 Å². The highest BCUT2D eigenvalue weighted by molar-refractivity contribution is 6.21. The van der Waals surface area contributed by atoms with Crippen LogP contribution in [0, 0.1) is 0 Å². The molecule has 0 saturated carbocycles. The number of nitrogens with zero attached hydrogens (tertiary/aromatic N) is 2. The maximum Gasteiger partial charge on any atom is 0.145 e. The molecule has 10 rings (SSSR count). The number of hydrogen-bond donors (Lipinski definition) is 0. The zero-order valence-electron chi connectivity index (χ0n) is 29.0. The van der Waals surface area contributed by atoms with Gasteiger partial charge in [0.1, 0.15) is 5.82 Å². The van der Waals surface area contributed by atoms with Crippen LogP contribution in [0.5, 0.6) is 0 Å². The van der Waals surface area contributed by atoms with Crippen molar-refractivity contribution in [2.75, 3.05) is 0 Å². The SMILES string of the molecule is c1ccc(-c2nc(-c3ccccc3)n(-c3ccc(-c4c5ccccc5c(-c5ccc6ccccc6c5)c5ccccc45)cc3)c2-c2ccccc2)cc1. The summed E-state index contributed by atoms with van der Waals surface area (Å²) in [5, 5.41) is 7.48. The van der Waals surface area contributed by atoms with Crippen molar-refractivity contribution in [3.8, 4) is 61.8 Å². The number of imidazole rings is 1. The van der Waals surface area contributed by atoms with E-state index in [1.165, 1.54) is 54.6 Å². The second-order valence-corrected chi connectivity index (χ2v) is 13.5. The molecule has 0 radical (unpaired) electrons. The highest BCUT2D eigenvalue weighted by atomic mass is 15.1. The Morgan fingerprint density at radius 3 is 1.36 bits per heavy atom. The fourth-order valence-corrected chi connectivity index (χ4v) is 7.98. The Bertz CT molecular complexity index is 2850. The summed E-state index contributed by atoms with van der Waals surface area (Å²) in [6, 6.07) is 73.9. The molecule has 9 aromatic carbocycles. The molecular formula is C51H34N2. The van der Waals surface area contributed by atoms with Crippen LogP contribution in [0.2, 0.25) is 0 Å². The van der Waals surface area contributed by atoms with Crippen LogP contribution < -0.4 is 0 Å². The molecule has 0 bridgehead atoms. The molecule has 0 aliphatic heterocycles. The molecule has 2 nitrogen and oxygen atoms in total. The second kappa shape index (κ2) is 12.9. The van der Waals surface area contributed by atoms with Gasteiger partial charge < -0.3 is 0 Å². The quantitative estimate of drug-likeness (QED) is 0.161. The minimum Gasteiger partial charge on any atom is -0.292 e. The Balaban J connectivity index is 1.19. The van der Waals surface area contributed by atoms with Gasteiger partial charge in [0.05, 0.1) is 11.4 Å². The van der Waals surface area contributed by atoms with Gasteiger partial charge in [0.2, 0.25) is 0 Å². The molecule has 53 heavy (non-hydrogen) atoms. The molecular weight excluding hydrogens is 641 g/mol. The molecule has 0 N–H and O–H groups in total. The lowest BCUT2D eigenvalue weighted by molar-refractivity contribution is 1.07. The Morgan fingerprint density at radius 2 is 0.774 bits per heavy atom. The fraction of sp³-hybridized carbons (Fsp3) is 0. The van der Waals surface area contributed by atoms with Crippen LogP contribution in [-0.4, -0.2) is 9.55 Å². The monoisotopic (exact) mass is 674 g/mol. The minimum absolute atomic E-state index is 0.909. The Kier molecular flexibility index (Phi) is 7.51. The van der Waals surface area contributed by atoms with E-state index in [0.717, 1.165) is 39.6 Å². The third-order valence-corrected chi connectivity index (χ3v) is 10.4. The lowest BCUT2D eigenvalue weighted by Gasteiger charge is -2.19. The van der Waals surface area contributed by atoms with E-state index in [0.29, 0.717) is 0 Å². The average molecular weight is 675 g/mol. The summed E-state index contributed by atoms with van der Waals surface area (Å²) in [6.07, 6.45) is 0. The van der Waals surface area contributed by atoms with Crippen molar-refractivity contribution in [1.82, 2.24) is 9.55 Å². The third-order valence-electron chi connectivity index (χ3n) is 10.4. The van der Waals surface area contributed by atoms with Gasteiger partial charge in [-0.25, -0.2) is 4.98 Å². The lowest BCUT2D eigenvalue weighted by atomic mass is 9.85. The topological polar surface area (TPSA) is 17.8 Å². The highest BCUT2D eigenvalue weighted by Crippen LogP contribution is 2.45. The van der Waals surface area contributed by atoms with E-state index in [9.17, 15) is 0 Å². The van der Waals surface area contributed by atoms with Crippen molar-refractivity contribution >= 4 is 32.3 Å². The van der Waals surface area contributed by atoms with Gasteiger partial charge >= 0.3 is 0 Å². The Labute approximate surface area is 308 Å². The molecule has 0 atom stereocenters. The zero-order chi connectivity index (χ0) is 35.1. The van der Waals surface area contributed by atoms with Crippen molar-refractivity contribution in [3.63, 3.8) is 0 Å². The summed E-state index contributed by atoms with van der Waals surface area (Å²) in [5.41, 5.74) is 11.3. The van der Waals surface area contributed by atoms with E-state index in [1.54, 1.807) is 0 Å². The fourth-order valence-electron chi connectivity index (χ4n) is 7.98. The van der Waals surface area contributed by atoms with E-state index in [4.69, 9.17) is 4.98 Å². The molecule has 10 aromatic rings. The molecule has 0 saturated heterocycles. The molecule has 0 unspecified atom stereocenters. The van der Waals surface area contributed by atoms with Gasteiger partial charge in [0, 0.05) is 22.4 Å². The minimum atomic E-state index is 0.909. The van der Waals surface area contributed by atoms with Crippen molar-refractivity contribution in [3.05, 3.63) is 206 Å². The van der Waals surface area contributed by atoms with E-state index >= 15 is 0 Å². The lowest BCUT2D eigenvalue weighted by Crippen LogP contribution is -2.00. The summed E-state index contributed by atoms with van der Waals surface area (Å²) >= 11 is 0. The molecule has 248 valence electrons. The second-order valence-electron chi connectivity index (χ2n) is 13.5. The molecule has 0 amide bonds. The predicted octanol–water partition coefficient (Wildman–Crippen LogP) is 13.7. The van der Waals surface area contributed by atoms with Crippen molar-refractivity contribution in [1.29, 1.82) is 0 Å².